The number of anilines is 1. The van der Waals surface area contributed by atoms with Crippen LogP contribution in [0.2, 0.25) is 5.02 Å². The summed E-state index contributed by atoms with van der Waals surface area (Å²) in [6.45, 7) is 1.90. The molecule has 0 bridgehead atoms. The van der Waals surface area contributed by atoms with Crippen molar-refractivity contribution in [1.82, 2.24) is 4.57 Å². The molecule has 4 aromatic rings. The van der Waals surface area contributed by atoms with Crippen LogP contribution in [-0.4, -0.2) is 24.4 Å². The van der Waals surface area contributed by atoms with Crippen LogP contribution in [-0.2, 0) is 4.79 Å². The van der Waals surface area contributed by atoms with Gasteiger partial charge in [-0.15, -0.1) is 0 Å². The van der Waals surface area contributed by atoms with Crippen LogP contribution in [0, 0.1) is 0 Å². The average molecular weight is 560 g/mol. The Labute approximate surface area is 232 Å². The number of nitrogens with one attached hydrogen (secondary N) is 1. The Morgan fingerprint density at radius 3 is 2.56 bits per heavy atom. The molecule has 0 aliphatic carbocycles. The number of fused-ring (bicyclic) bond motifs is 2. The lowest BCUT2D eigenvalue weighted by Gasteiger charge is -2.25. The van der Waals surface area contributed by atoms with E-state index in [1.165, 1.54) is 11.3 Å². The largest absolute Gasteiger partial charge is 0.497 e. The summed E-state index contributed by atoms with van der Waals surface area (Å²) < 4.78 is 18.2. The van der Waals surface area contributed by atoms with Crippen molar-refractivity contribution >= 4 is 40.6 Å². The second-order valence-corrected chi connectivity index (χ2v) is 10.3. The highest BCUT2D eigenvalue weighted by atomic mass is 35.5. The number of thiazole rings is 1. The Balaban J connectivity index is 1.50. The van der Waals surface area contributed by atoms with E-state index in [0.29, 0.717) is 54.1 Å². The van der Waals surface area contributed by atoms with Crippen molar-refractivity contribution in [2.24, 2.45) is 4.99 Å². The number of amides is 1. The smallest absolute Gasteiger partial charge is 0.271 e. The zero-order valence-corrected chi connectivity index (χ0v) is 22.5. The summed E-state index contributed by atoms with van der Waals surface area (Å²) in [5.41, 5.74) is 2.63. The minimum absolute atomic E-state index is 0.117. The SMILES string of the molecule is COc1ccc([C@H]2C(C(=O)Nc3ccccc3)=C(C)N=c3s/c(=C/c4cc5c(cc4Cl)OCO5)c(=O)n32)cc1. The second kappa shape index (κ2) is 10.1. The molecule has 39 heavy (non-hydrogen) atoms. The third kappa shape index (κ3) is 4.60. The first-order chi connectivity index (χ1) is 18.9. The number of carbonyl (C=O) groups is 1. The van der Waals surface area contributed by atoms with Crippen molar-refractivity contribution in [2.45, 2.75) is 13.0 Å². The molecule has 0 fully saturated rings. The van der Waals surface area contributed by atoms with Crippen molar-refractivity contribution in [3.63, 3.8) is 0 Å². The van der Waals surface area contributed by atoms with Gasteiger partial charge in [0.05, 0.1) is 34.0 Å². The molecule has 6 rings (SSSR count). The number of methoxy groups -OCH3 is 1. The molecular formula is C29H22ClN3O5S. The van der Waals surface area contributed by atoms with E-state index in [0.717, 1.165) is 5.56 Å². The van der Waals surface area contributed by atoms with E-state index in [-0.39, 0.29) is 18.3 Å². The zero-order valence-electron chi connectivity index (χ0n) is 20.9. The highest BCUT2D eigenvalue weighted by Gasteiger charge is 2.32. The first kappa shape index (κ1) is 25.0. The number of benzene rings is 3. The molecule has 0 spiro atoms. The summed E-state index contributed by atoms with van der Waals surface area (Å²) in [5.74, 6) is 1.45. The van der Waals surface area contributed by atoms with Crippen LogP contribution in [0.5, 0.6) is 17.2 Å². The number of rotatable bonds is 5. The monoisotopic (exact) mass is 559 g/mol. The van der Waals surface area contributed by atoms with Gasteiger partial charge in [0, 0.05) is 11.8 Å². The normalized spacial score (nSPS) is 16.1. The number of hydrogen-bond acceptors (Lipinski definition) is 7. The molecule has 3 heterocycles. The summed E-state index contributed by atoms with van der Waals surface area (Å²) in [6, 6.07) is 19.2. The van der Waals surface area contributed by atoms with Gasteiger partial charge in [0.2, 0.25) is 6.79 Å². The summed E-state index contributed by atoms with van der Waals surface area (Å²) in [6.07, 6.45) is 1.71. The van der Waals surface area contributed by atoms with Crippen LogP contribution in [0.3, 0.4) is 0 Å². The van der Waals surface area contributed by atoms with Crippen molar-refractivity contribution < 1.29 is 19.0 Å². The van der Waals surface area contributed by atoms with Crippen LogP contribution < -0.4 is 34.4 Å². The molecule has 0 unspecified atom stereocenters. The maximum Gasteiger partial charge on any atom is 0.271 e. The van der Waals surface area contributed by atoms with Gasteiger partial charge in [0.25, 0.3) is 11.5 Å². The van der Waals surface area contributed by atoms with E-state index in [1.54, 1.807) is 61.1 Å². The lowest BCUT2D eigenvalue weighted by molar-refractivity contribution is -0.113. The highest BCUT2D eigenvalue weighted by molar-refractivity contribution is 7.07. The van der Waals surface area contributed by atoms with E-state index in [9.17, 15) is 9.59 Å². The lowest BCUT2D eigenvalue weighted by Crippen LogP contribution is -2.40. The summed E-state index contributed by atoms with van der Waals surface area (Å²) in [5, 5.41) is 3.37. The number of hydrogen-bond donors (Lipinski definition) is 1. The number of aromatic nitrogens is 1. The molecule has 0 saturated heterocycles. The molecule has 0 radical (unpaired) electrons. The van der Waals surface area contributed by atoms with Gasteiger partial charge < -0.3 is 19.5 Å². The third-order valence-corrected chi connectivity index (χ3v) is 7.82. The quantitative estimate of drug-likeness (QED) is 0.394. The molecule has 1 aromatic heterocycles. The summed E-state index contributed by atoms with van der Waals surface area (Å²) in [7, 11) is 1.59. The fraction of sp³-hybridized carbons (Fsp3) is 0.138. The molecular weight excluding hydrogens is 538 g/mol. The standard InChI is InChI=1S/C29H22ClN3O5S/c1-16-25(27(34)32-19-6-4-3-5-7-19)26(17-8-10-20(36-2)11-9-17)33-28(35)24(39-29(33)31-16)13-18-12-22-23(14-21(18)30)38-15-37-22/h3-14,26H,15H2,1-2H3,(H,32,34)/b24-13+/t26-/m0/s1. The Hall–Kier alpha value is -4.34. The fourth-order valence-corrected chi connectivity index (χ4v) is 5.86. The molecule has 196 valence electrons. The molecule has 8 nitrogen and oxygen atoms in total. The summed E-state index contributed by atoms with van der Waals surface area (Å²) >= 11 is 7.72. The van der Waals surface area contributed by atoms with Gasteiger partial charge in [0.15, 0.2) is 16.3 Å². The van der Waals surface area contributed by atoms with Crippen LogP contribution in [0.25, 0.3) is 6.08 Å². The van der Waals surface area contributed by atoms with Gasteiger partial charge in [-0.05, 0) is 54.5 Å². The fourth-order valence-electron chi connectivity index (χ4n) is 4.62. The molecule has 1 N–H and O–H groups in total. The minimum Gasteiger partial charge on any atom is -0.497 e. The van der Waals surface area contributed by atoms with Crippen LogP contribution in [0.1, 0.15) is 24.1 Å². The van der Waals surface area contributed by atoms with Gasteiger partial charge in [-0.25, -0.2) is 4.99 Å². The number of carbonyl (C=O) groups excluding carboxylic acids is 1. The van der Waals surface area contributed by atoms with Gasteiger partial charge in [0.1, 0.15) is 5.75 Å². The maximum absolute atomic E-state index is 13.9. The van der Waals surface area contributed by atoms with Gasteiger partial charge in [-0.1, -0.05) is 53.3 Å². The first-order valence-corrected chi connectivity index (χ1v) is 13.2. The summed E-state index contributed by atoms with van der Waals surface area (Å²) in [4.78, 5) is 32.7. The Morgan fingerprint density at radius 1 is 1.13 bits per heavy atom. The van der Waals surface area contributed by atoms with E-state index in [1.807, 2.05) is 30.3 Å². The first-order valence-electron chi connectivity index (χ1n) is 12.0. The molecule has 1 atom stereocenters. The van der Waals surface area contributed by atoms with E-state index < -0.39 is 6.04 Å². The average Bonchev–Trinajstić information content (AvgIpc) is 3.51. The zero-order chi connectivity index (χ0) is 27.1. The molecule has 1 amide bonds. The maximum atomic E-state index is 13.9. The van der Waals surface area contributed by atoms with Gasteiger partial charge in [-0.2, -0.15) is 0 Å². The van der Waals surface area contributed by atoms with E-state index >= 15 is 0 Å². The van der Waals surface area contributed by atoms with Crippen molar-refractivity contribution in [2.75, 3.05) is 19.2 Å². The van der Waals surface area contributed by atoms with Gasteiger partial charge >= 0.3 is 0 Å². The third-order valence-electron chi connectivity index (χ3n) is 6.51. The van der Waals surface area contributed by atoms with Crippen LogP contribution in [0.4, 0.5) is 5.69 Å². The lowest BCUT2D eigenvalue weighted by atomic mass is 9.95. The van der Waals surface area contributed by atoms with Crippen molar-refractivity contribution in [3.8, 4) is 17.2 Å². The molecule has 0 saturated carbocycles. The Morgan fingerprint density at radius 2 is 1.85 bits per heavy atom. The predicted molar refractivity (Wildman–Crippen MR) is 149 cm³/mol. The van der Waals surface area contributed by atoms with Crippen molar-refractivity contribution in [3.05, 3.63) is 114 Å². The Kier molecular flexibility index (Phi) is 6.46. The molecule has 2 aliphatic heterocycles. The minimum atomic E-state index is -0.703. The number of para-hydroxylation sites is 1. The van der Waals surface area contributed by atoms with E-state index in [4.69, 9.17) is 25.8 Å². The topological polar surface area (TPSA) is 91.2 Å². The number of ether oxygens (including phenoxy) is 3. The molecule has 3 aromatic carbocycles. The molecule has 10 heteroatoms. The van der Waals surface area contributed by atoms with Gasteiger partial charge in [-0.3, -0.25) is 14.2 Å². The highest BCUT2D eigenvalue weighted by Crippen LogP contribution is 2.37. The number of halogens is 1. The van der Waals surface area contributed by atoms with Crippen LogP contribution in [0.15, 0.2) is 87.8 Å². The molecule has 2 aliphatic rings. The number of allylic oxidation sites excluding steroid dienone is 1. The predicted octanol–water partition coefficient (Wildman–Crippen LogP) is 4.26. The number of nitrogens with zero attached hydrogens (tertiary/aromatic N) is 2. The van der Waals surface area contributed by atoms with Crippen LogP contribution >= 0.6 is 22.9 Å². The van der Waals surface area contributed by atoms with E-state index in [2.05, 4.69) is 10.3 Å². The Bertz CT molecular complexity index is 1810. The second-order valence-electron chi connectivity index (χ2n) is 8.90. The van der Waals surface area contributed by atoms with Crippen molar-refractivity contribution in [1.29, 1.82) is 0 Å².